The molecule has 3 aliphatic rings. The van der Waals surface area contributed by atoms with Crippen LogP contribution >= 0.6 is 0 Å². The van der Waals surface area contributed by atoms with E-state index < -0.39 is 12.1 Å². The highest BCUT2D eigenvalue weighted by molar-refractivity contribution is 6.16. The van der Waals surface area contributed by atoms with Gasteiger partial charge in [0.15, 0.2) is 0 Å². The van der Waals surface area contributed by atoms with Crippen molar-refractivity contribution in [2.24, 2.45) is 21.8 Å². The van der Waals surface area contributed by atoms with Gasteiger partial charge in [-0.15, -0.1) is 0 Å². The number of halogens is 1. The number of fused-ring (bicyclic) bond motifs is 1. The summed E-state index contributed by atoms with van der Waals surface area (Å²) < 4.78 is 13.5. The average molecular weight is 330 g/mol. The van der Waals surface area contributed by atoms with Crippen LogP contribution in [-0.2, 0) is 4.79 Å². The Labute approximate surface area is 139 Å². The molecule has 0 aliphatic carbocycles. The minimum atomic E-state index is -1.69. The molecule has 3 atom stereocenters. The minimum Gasteiger partial charge on any atom is -0.340 e. The summed E-state index contributed by atoms with van der Waals surface area (Å²) in [5.74, 6) is 1.29. The Hall–Kier alpha value is -2.38. The molecule has 2 fully saturated rings. The number of amides is 1. The van der Waals surface area contributed by atoms with Crippen LogP contribution in [0.25, 0.3) is 0 Å². The lowest BCUT2D eigenvalue weighted by molar-refractivity contribution is -0.120. The van der Waals surface area contributed by atoms with Gasteiger partial charge in [0.05, 0.1) is 5.71 Å². The van der Waals surface area contributed by atoms with Crippen molar-refractivity contribution in [2.45, 2.75) is 20.0 Å². The molecule has 0 radical (unpaired) electrons. The van der Waals surface area contributed by atoms with Crippen LogP contribution < -0.4 is 4.90 Å². The van der Waals surface area contributed by atoms with Gasteiger partial charge in [0.25, 0.3) is 5.91 Å². The second kappa shape index (κ2) is 5.61. The zero-order chi connectivity index (χ0) is 16.8. The second-order valence-corrected chi connectivity index (χ2v) is 6.69. The number of nitrogens with zero attached hydrogens (tertiary/aromatic N) is 6. The van der Waals surface area contributed by atoms with Gasteiger partial charge in [0.2, 0.25) is 18.1 Å². The highest BCUT2D eigenvalue weighted by atomic mass is 19.1. The fraction of sp³-hybridized carbons (Fsp3) is 0.562. The molecule has 3 unspecified atom stereocenters. The summed E-state index contributed by atoms with van der Waals surface area (Å²) in [7, 11) is 0. The number of likely N-dealkylation sites (tertiary alicyclic amines) is 1. The number of alkyl halides is 1. The predicted octanol–water partition coefficient (Wildman–Crippen LogP) is 0.848. The lowest BCUT2D eigenvalue weighted by Gasteiger charge is -2.24. The highest BCUT2D eigenvalue weighted by Gasteiger charge is 2.42. The normalized spacial score (nSPS) is 29.6. The van der Waals surface area contributed by atoms with Gasteiger partial charge in [-0.3, -0.25) is 4.79 Å². The minimum absolute atomic E-state index is 0.192. The molecule has 126 valence electrons. The molecule has 4 heterocycles. The van der Waals surface area contributed by atoms with Gasteiger partial charge in [-0.25, -0.2) is 19.4 Å². The van der Waals surface area contributed by atoms with E-state index in [9.17, 15) is 9.18 Å². The molecule has 3 aliphatic heterocycles. The van der Waals surface area contributed by atoms with E-state index in [0.717, 1.165) is 37.8 Å². The summed E-state index contributed by atoms with van der Waals surface area (Å²) in [5.41, 5.74) is 1.15. The molecular formula is C16H19FN6O. The van der Waals surface area contributed by atoms with Gasteiger partial charge in [-0.1, -0.05) is 0 Å². The van der Waals surface area contributed by atoms with Gasteiger partial charge < -0.3 is 9.80 Å². The van der Waals surface area contributed by atoms with Crippen LogP contribution in [0.2, 0.25) is 0 Å². The Kier molecular flexibility index (Phi) is 3.54. The van der Waals surface area contributed by atoms with Crippen molar-refractivity contribution in [3.63, 3.8) is 0 Å². The number of anilines is 1. The molecule has 0 saturated carbocycles. The van der Waals surface area contributed by atoms with E-state index in [4.69, 9.17) is 0 Å². The average Bonchev–Trinajstić information content (AvgIpc) is 3.11. The van der Waals surface area contributed by atoms with Gasteiger partial charge in [-0.05, 0) is 19.9 Å². The predicted molar refractivity (Wildman–Crippen MR) is 88.0 cm³/mol. The van der Waals surface area contributed by atoms with Crippen LogP contribution in [0.1, 0.15) is 12.6 Å². The van der Waals surface area contributed by atoms with Gasteiger partial charge >= 0.3 is 0 Å². The maximum atomic E-state index is 13.5. The van der Waals surface area contributed by atoms with E-state index in [1.807, 2.05) is 17.9 Å². The number of guanidine groups is 1. The molecule has 7 nitrogen and oxygen atoms in total. The van der Waals surface area contributed by atoms with E-state index in [1.165, 1.54) is 6.92 Å². The van der Waals surface area contributed by atoms with Gasteiger partial charge in [0.1, 0.15) is 0 Å². The number of aliphatic imine (C=N–C) groups is 2. The van der Waals surface area contributed by atoms with Crippen LogP contribution in [0.4, 0.5) is 10.3 Å². The molecule has 1 aromatic heterocycles. The van der Waals surface area contributed by atoms with Crippen LogP contribution in [0.3, 0.4) is 0 Å². The van der Waals surface area contributed by atoms with Crippen LogP contribution in [0.15, 0.2) is 22.2 Å². The summed E-state index contributed by atoms with van der Waals surface area (Å²) in [5, 5.41) is 0. The number of carbonyl (C=O) groups excluding carboxylic acids is 1. The Balaban J connectivity index is 1.45. The molecular weight excluding hydrogens is 311 g/mol. The summed E-state index contributed by atoms with van der Waals surface area (Å²) in [6.07, 6.45) is 0.0931. The van der Waals surface area contributed by atoms with E-state index >= 15 is 0 Å². The first-order valence-corrected chi connectivity index (χ1v) is 8.12. The van der Waals surface area contributed by atoms with Crippen LogP contribution in [-0.4, -0.2) is 64.8 Å². The van der Waals surface area contributed by atoms with Crippen molar-refractivity contribution in [2.75, 3.05) is 31.1 Å². The van der Waals surface area contributed by atoms with E-state index in [2.05, 4.69) is 24.9 Å². The van der Waals surface area contributed by atoms with Crippen LogP contribution in [0, 0.1) is 18.8 Å². The molecule has 8 heteroatoms. The van der Waals surface area contributed by atoms with Crippen LogP contribution in [0.5, 0.6) is 0 Å². The van der Waals surface area contributed by atoms with Crippen molar-refractivity contribution in [1.29, 1.82) is 0 Å². The highest BCUT2D eigenvalue weighted by Crippen LogP contribution is 2.33. The zero-order valence-corrected chi connectivity index (χ0v) is 13.7. The molecule has 0 N–H and O–H groups in total. The summed E-state index contributed by atoms with van der Waals surface area (Å²) in [6, 6.07) is 1.89. The van der Waals surface area contributed by atoms with Crippen molar-refractivity contribution < 1.29 is 9.18 Å². The molecule has 0 spiro atoms. The number of hydrogen-bond donors (Lipinski definition) is 0. The number of carbonyl (C=O) groups is 1. The fourth-order valence-corrected chi connectivity index (χ4v) is 3.62. The van der Waals surface area contributed by atoms with Gasteiger partial charge in [-0.2, -0.15) is 4.99 Å². The molecule has 0 bridgehead atoms. The third kappa shape index (κ3) is 2.55. The van der Waals surface area contributed by atoms with Crippen molar-refractivity contribution >= 4 is 23.5 Å². The molecule has 1 amide bonds. The smallest absolute Gasteiger partial charge is 0.289 e. The summed E-state index contributed by atoms with van der Waals surface area (Å²) in [6.45, 7) is 6.78. The summed E-state index contributed by atoms with van der Waals surface area (Å²) >= 11 is 0. The van der Waals surface area contributed by atoms with Gasteiger partial charge in [0, 0.05) is 49.9 Å². The Morgan fingerprint density at radius 1 is 1.08 bits per heavy atom. The molecule has 4 rings (SSSR count). The molecule has 1 aromatic rings. The molecule has 0 aromatic carbocycles. The Morgan fingerprint density at radius 3 is 2.38 bits per heavy atom. The van der Waals surface area contributed by atoms with Crippen molar-refractivity contribution in [3.8, 4) is 0 Å². The molecule has 24 heavy (non-hydrogen) atoms. The van der Waals surface area contributed by atoms with Crippen molar-refractivity contribution in [1.82, 2.24) is 14.9 Å². The first-order chi connectivity index (χ1) is 11.5. The summed E-state index contributed by atoms with van der Waals surface area (Å²) in [4.78, 5) is 32.6. The third-order valence-corrected chi connectivity index (χ3v) is 4.90. The van der Waals surface area contributed by atoms with E-state index in [-0.39, 0.29) is 5.71 Å². The number of aryl methyl sites for hydroxylation is 1. The Bertz CT molecular complexity index is 734. The lowest BCUT2D eigenvalue weighted by Crippen LogP contribution is -2.38. The monoisotopic (exact) mass is 330 g/mol. The quantitative estimate of drug-likeness (QED) is 0.763. The first kappa shape index (κ1) is 15.2. The van der Waals surface area contributed by atoms with E-state index in [1.54, 1.807) is 6.20 Å². The Morgan fingerprint density at radius 2 is 1.75 bits per heavy atom. The maximum absolute atomic E-state index is 13.5. The molecule has 2 saturated heterocycles. The number of aromatic nitrogens is 2. The standard InChI is InChI=1S/C16H19FN6O/c1-9-3-4-18-15(19-9)22-5-11-7-23(8-12(11)6-22)16-20-10(2)13(17)14(24)21-16/h3-4,11-13H,5-8H2,1-2H3. The number of hydrogen-bond acceptors (Lipinski definition) is 6. The fourth-order valence-electron chi connectivity index (χ4n) is 3.62. The number of rotatable bonds is 1. The second-order valence-electron chi connectivity index (χ2n) is 6.69. The maximum Gasteiger partial charge on any atom is 0.289 e. The van der Waals surface area contributed by atoms with Crippen molar-refractivity contribution in [3.05, 3.63) is 18.0 Å². The topological polar surface area (TPSA) is 74.1 Å². The van der Waals surface area contributed by atoms with E-state index in [0.29, 0.717) is 17.8 Å². The first-order valence-electron chi connectivity index (χ1n) is 8.12. The SMILES string of the molecule is CC1=NC(N2CC3CN(c4nccc(C)n4)CC3C2)=NC(=O)C1F. The largest absolute Gasteiger partial charge is 0.340 e. The lowest BCUT2D eigenvalue weighted by atomic mass is 10.0. The third-order valence-electron chi connectivity index (χ3n) is 4.90. The zero-order valence-electron chi connectivity index (χ0n) is 13.7.